The number of hydrogen-bond acceptors (Lipinski definition) is 4. The van der Waals surface area contributed by atoms with E-state index in [1.54, 1.807) is 18.2 Å². The quantitative estimate of drug-likeness (QED) is 0.625. The summed E-state index contributed by atoms with van der Waals surface area (Å²) in [6.07, 6.45) is 0. The van der Waals surface area contributed by atoms with Crippen LogP contribution in [0.2, 0.25) is 0 Å². The highest BCUT2D eigenvalue weighted by molar-refractivity contribution is 5.73. The standard InChI is InChI=1S/C7H7N5O2/c8-7(13)10-14-12-6-4-2-1-3-5(6)9-11-12/h1-4H,(H3,8,10,13). The second kappa shape index (κ2) is 3.21. The zero-order chi connectivity index (χ0) is 9.97. The third-order valence-electron chi connectivity index (χ3n) is 1.55. The van der Waals surface area contributed by atoms with Gasteiger partial charge in [0.1, 0.15) is 11.0 Å². The molecule has 0 saturated heterocycles. The van der Waals surface area contributed by atoms with Crippen LogP contribution in [0.3, 0.4) is 0 Å². The van der Waals surface area contributed by atoms with Gasteiger partial charge in [-0.1, -0.05) is 12.1 Å². The van der Waals surface area contributed by atoms with Crippen molar-refractivity contribution in [1.29, 1.82) is 0 Å². The van der Waals surface area contributed by atoms with Crippen LogP contribution in [0.25, 0.3) is 11.0 Å². The maximum absolute atomic E-state index is 10.4. The number of primary amides is 1. The maximum Gasteiger partial charge on any atom is 0.347 e. The summed E-state index contributed by atoms with van der Waals surface area (Å²) in [4.78, 5) is 16.2. The number of nitrogens with two attached hydrogens (primary N) is 1. The predicted octanol–water partition coefficient (Wildman–Crippen LogP) is -0.557. The van der Waals surface area contributed by atoms with Crippen molar-refractivity contribution in [2.45, 2.75) is 0 Å². The van der Waals surface area contributed by atoms with E-state index in [-0.39, 0.29) is 0 Å². The first-order chi connectivity index (χ1) is 6.77. The lowest BCUT2D eigenvalue weighted by Crippen LogP contribution is -2.37. The summed E-state index contributed by atoms with van der Waals surface area (Å²) < 4.78 is 0. The zero-order valence-corrected chi connectivity index (χ0v) is 7.04. The van der Waals surface area contributed by atoms with Crippen molar-refractivity contribution >= 4 is 17.1 Å². The molecule has 0 fully saturated rings. The number of aromatic nitrogens is 3. The number of para-hydroxylation sites is 1. The zero-order valence-electron chi connectivity index (χ0n) is 7.04. The van der Waals surface area contributed by atoms with Crippen molar-refractivity contribution in [3.63, 3.8) is 0 Å². The van der Waals surface area contributed by atoms with E-state index in [9.17, 15) is 4.79 Å². The molecular weight excluding hydrogens is 186 g/mol. The van der Waals surface area contributed by atoms with E-state index in [4.69, 9.17) is 10.7 Å². The summed E-state index contributed by atoms with van der Waals surface area (Å²) >= 11 is 0. The summed E-state index contributed by atoms with van der Waals surface area (Å²) in [5.74, 6) is 0. The lowest BCUT2D eigenvalue weighted by Gasteiger charge is -2.01. The predicted molar refractivity (Wildman–Crippen MR) is 46.8 cm³/mol. The summed E-state index contributed by atoms with van der Waals surface area (Å²) in [5, 5.41) is 7.43. The topological polar surface area (TPSA) is 95.1 Å². The molecule has 2 rings (SSSR count). The molecule has 3 N–H and O–H groups in total. The average Bonchev–Trinajstić information content (AvgIpc) is 2.58. The minimum atomic E-state index is -0.801. The molecule has 0 bridgehead atoms. The average molecular weight is 193 g/mol. The molecule has 2 aromatic rings. The fourth-order valence-corrected chi connectivity index (χ4v) is 1.00. The van der Waals surface area contributed by atoms with Gasteiger partial charge < -0.3 is 5.73 Å². The van der Waals surface area contributed by atoms with Gasteiger partial charge in [0, 0.05) is 0 Å². The number of nitrogens with one attached hydrogen (secondary N) is 1. The van der Waals surface area contributed by atoms with Crippen LogP contribution in [0.1, 0.15) is 0 Å². The van der Waals surface area contributed by atoms with Gasteiger partial charge in [-0.15, -0.1) is 10.6 Å². The van der Waals surface area contributed by atoms with Crippen molar-refractivity contribution < 1.29 is 9.73 Å². The third kappa shape index (κ3) is 1.42. The van der Waals surface area contributed by atoms with E-state index in [0.717, 1.165) is 4.85 Å². The Kier molecular flexibility index (Phi) is 1.90. The van der Waals surface area contributed by atoms with Crippen molar-refractivity contribution in [3.8, 4) is 0 Å². The van der Waals surface area contributed by atoms with Gasteiger partial charge in [-0.05, 0) is 22.2 Å². The highest BCUT2D eigenvalue weighted by atomic mass is 16.8. The van der Waals surface area contributed by atoms with Crippen molar-refractivity contribution in [3.05, 3.63) is 24.3 Å². The molecule has 0 saturated carbocycles. The second-order valence-electron chi connectivity index (χ2n) is 2.51. The number of benzene rings is 1. The Morgan fingerprint density at radius 2 is 2.29 bits per heavy atom. The van der Waals surface area contributed by atoms with Gasteiger partial charge in [0.25, 0.3) is 0 Å². The minimum absolute atomic E-state index is 0.640. The van der Waals surface area contributed by atoms with Gasteiger partial charge in [-0.3, -0.25) is 4.94 Å². The number of nitrogens with zero attached hydrogens (tertiary/aromatic N) is 3. The molecule has 0 aliphatic rings. The smallest absolute Gasteiger partial charge is 0.347 e. The number of urea groups is 1. The van der Waals surface area contributed by atoms with E-state index in [1.165, 1.54) is 0 Å². The van der Waals surface area contributed by atoms with E-state index in [1.807, 2.05) is 11.5 Å². The minimum Gasteiger partial charge on any atom is -0.349 e. The molecule has 72 valence electrons. The molecule has 0 radical (unpaired) electrons. The molecule has 2 amide bonds. The van der Waals surface area contributed by atoms with Gasteiger partial charge in [-0.25, -0.2) is 4.79 Å². The Hall–Kier alpha value is -2.31. The van der Waals surface area contributed by atoms with E-state index in [0.29, 0.717) is 11.0 Å². The Morgan fingerprint density at radius 1 is 1.50 bits per heavy atom. The van der Waals surface area contributed by atoms with Gasteiger partial charge in [0.05, 0.1) is 0 Å². The van der Waals surface area contributed by atoms with Gasteiger partial charge in [0.2, 0.25) is 0 Å². The molecule has 0 spiro atoms. The Morgan fingerprint density at radius 3 is 3.07 bits per heavy atom. The number of fused-ring (bicyclic) bond motifs is 1. The first-order valence-corrected chi connectivity index (χ1v) is 3.80. The SMILES string of the molecule is NC(=O)NOn1nnc2ccccc21. The van der Waals surface area contributed by atoms with Crippen LogP contribution >= 0.6 is 0 Å². The molecule has 7 nitrogen and oxygen atoms in total. The Labute approximate surface area is 78.3 Å². The molecule has 1 aromatic heterocycles. The first-order valence-electron chi connectivity index (χ1n) is 3.80. The number of carbonyl (C=O) groups excluding carboxylic acids is 1. The molecule has 1 heterocycles. The van der Waals surface area contributed by atoms with Crippen molar-refractivity contribution in [1.82, 2.24) is 20.6 Å². The Bertz CT molecular complexity index is 466. The van der Waals surface area contributed by atoms with Gasteiger partial charge in [-0.2, -0.15) is 0 Å². The van der Waals surface area contributed by atoms with Crippen molar-refractivity contribution in [2.24, 2.45) is 5.73 Å². The fourth-order valence-electron chi connectivity index (χ4n) is 1.00. The van der Waals surface area contributed by atoms with E-state index >= 15 is 0 Å². The first kappa shape index (κ1) is 8.30. The normalized spacial score (nSPS) is 10.0. The van der Waals surface area contributed by atoms with Crippen LogP contribution in [-0.2, 0) is 0 Å². The van der Waals surface area contributed by atoms with Crippen LogP contribution in [0.15, 0.2) is 24.3 Å². The highest BCUT2D eigenvalue weighted by Gasteiger charge is 2.04. The number of hydrogen-bond donors (Lipinski definition) is 2. The lowest BCUT2D eigenvalue weighted by molar-refractivity contribution is 0.0298. The summed E-state index contributed by atoms with van der Waals surface area (Å²) in [5.41, 5.74) is 8.06. The van der Waals surface area contributed by atoms with E-state index < -0.39 is 6.03 Å². The van der Waals surface area contributed by atoms with Crippen LogP contribution < -0.4 is 16.2 Å². The summed E-state index contributed by atoms with van der Waals surface area (Å²) in [7, 11) is 0. The monoisotopic (exact) mass is 193 g/mol. The Balaban J connectivity index is 2.29. The van der Waals surface area contributed by atoms with E-state index in [2.05, 4.69) is 10.3 Å². The van der Waals surface area contributed by atoms with Crippen LogP contribution in [0.4, 0.5) is 4.79 Å². The molecule has 0 atom stereocenters. The lowest BCUT2D eigenvalue weighted by atomic mass is 10.3. The number of hydroxylamine groups is 1. The molecule has 1 aromatic carbocycles. The second-order valence-corrected chi connectivity index (χ2v) is 2.51. The molecule has 0 aliphatic heterocycles. The van der Waals surface area contributed by atoms with Crippen LogP contribution in [0, 0.1) is 0 Å². The molecule has 0 aliphatic carbocycles. The number of amides is 2. The van der Waals surface area contributed by atoms with Crippen molar-refractivity contribution in [2.75, 3.05) is 0 Å². The summed E-state index contributed by atoms with van der Waals surface area (Å²) in [6.45, 7) is 0. The van der Waals surface area contributed by atoms with Crippen LogP contribution in [0.5, 0.6) is 0 Å². The molecule has 7 heteroatoms. The third-order valence-corrected chi connectivity index (χ3v) is 1.55. The molecule has 0 unspecified atom stereocenters. The highest BCUT2D eigenvalue weighted by Crippen LogP contribution is 2.07. The summed E-state index contributed by atoms with van der Waals surface area (Å²) in [6, 6.07) is 6.34. The number of carbonyl (C=O) groups is 1. The number of rotatable bonds is 2. The molecule has 14 heavy (non-hydrogen) atoms. The van der Waals surface area contributed by atoms with Crippen LogP contribution in [-0.4, -0.2) is 21.2 Å². The van der Waals surface area contributed by atoms with Gasteiger partial charge >= 0.3 is 6.03 Å². The largest absolute Gasteiger partial charge is 0.349 e. The van der Waals surface area contributed by atoms with Gasteiger partial charge in [0.15, 0.2) is 0 Å². The maximum atomic E-state index is 10.4. The molecular formula is C7H7N5O2. The fraction of sp³-hybridized carbons (Fsp3) is 0.